The lowest BCUT2D eigenvalue weighted by Crippen LogP contribution is -1.73. The summed E-state index contributed by atoms with van der Waals surface area (Å²) in [6.45, 7) is 0. The zero-order valence-electron chi connectivity index (χ0n) is 6.57. The molecular formula is C9H6ClNO2. The van der Waals surface area contributed by atoms with Gasteiger partial charge in [-0.05, 0) is 17.3 Å². The van der Waals surface area contributed by atoms with Crippen molar-refractivity contribution in [3.05, 3.63) is 35.4 Å². The van der Waals surface area contributed by atoms with Gasteiger partial charge in [-0.2, -0.15) is 0 Å². The lowest BCUT2D eigenvalue weighted by molar-refractivity contribution is 0.365. The molecule has 2 aromatic rings. The fourth-order valence-corrected chi connectivity index (χ4v) is 1.28. The summed E-state index contributed by atoms with van der Waals surface area (Å²) in [4.78, 5) is 0. The lowest BCUT2D eigenvalue weighted by atomic mass is 10.2. The highest BCUT2D eigenvalue weighted by Crippen LogP contribution is 2.29. The molecule has 1 heterocycles. The summed E-state index contributed by atoms with van der Waals surface area (Å²) in [5, 5.41) is 12.9. The molecule has 0 bridgehead atoms. The van der Waals surface area contributed by atoms with Crippen LogP contribution in [0.1, 0.15) is 0 Å². The Bertz CT molecular complexity index is 425. The Labute approximate surface area is 79.6 Å². The number of halogens is 1. The molecule has 0 radical (unpaired) electrons. The molecule has 0 saturated heterocycles. The Morgan fingerprint density at radius 2 is 2.08 bits per heavy atom. The van der Waals surface area contributed by atoms with Crippen LogP contribution >= 0.6 is 11.6 Å². The van der Waals surface area contributed by atoms with E-state index in [4.69, 9.17) is 21.2 Å². The van der Waals surface area contributed by atoms with E-state index in [0.29, 0.717) is 10.8 Å². The Morgan fingerprint density at radius 1 is 1.31 bits per heavy atom. The molecule has 0 aliphatic rings. The van der Waals surface area contributed by atoms with Crippen molar-refractivity contribution < 1.29 is 9.63 Å². The van der Waals surface area contributed by atoms with Crippen molar-refractivity contribution in [2.75, 3.05) is 0 Å². The molecule has 3 nitrogen and oxygen atoms in total. The van der Waals surface area contributed by atoms with Crippen LogP contribution in [-0.4, -0.2) is 10.3 Å². The van der Waals surface area contributed by atoms with E-state index in [0.717, 1.165) is 5.56 Å². The monoisotopic (exact) mass is 195 g/mol. The van der Waals surface area contributed by atoms with Crippen LogP contribution in [0.25, 0.3) is 11.3 Å². The average molecular weight is 196 g/mol. The quantitative estimate of drug-likeness (QED) is 0.761. The number of hydrogen-bond donors (Lipinski definition) is 1. The third kappa shape index (κ3) is 1.51. The lowest BCUT2D eigenvalue weighted by Gasteiger charge is -1.96. The molecule has 0 amide bonds. The van der Waals surface area contributed by atoms with Crippen LogP contribution in [0.3, 0.4) is 0 Å². The first-order valence-corrected chi connectivity index (χ1v) is 4.06. The van der Waals surface area contributed by atoms with Gasteiger partial charge in [0.25, 0.3) is 5.88 Å². The second-order valence-corrected chi connectivity index (χ2v) is 2.94. The van der Waals surface area contributed by atoms with Gasteiger partial charge in [-0.3, -0.25) is 0 Å². The third-order valence-electron chi connectivity index (χ3n) is 1.64. The smallest absolute Gasteiger partial charge is 0.252 e. The predicted molar refractivity (Wildman–Crippen MR) is 48.6 cm³/mol. The minimum atomic E-state index is -0.144. The second kappa shape index (κ2) is 3.11. The maximum Gasteiger partial charge on any atom is 0.252 e. The zero-order chi connectivity index (χ0) is 9.26. The highest BCUT2D eigenvalue weighted by Gasteiger charge is 2.08. The Kier molecular flexibility index (Phi) is 1.94. The molecule has 0 atom stereocenters. The summed E-state index contributed by atoms with van der Waals surface area (Å²) < 4.78 is 4.85. The molecule has 0 saturated carbocycles. The molecule has 0 spiro atoms. The van der Waals surface area contributed by atoms with E-state index >= 15 is 0 Å². The van der Waals surface area contributed by atoms with Gasteiger partial charge in [0.1, 0.15) is 0 Å². The molecule has 1 N–H and O–H groups in total. The van der Waals surface area contributed by atoms with Gasteiger partial charge in [-0.15, -0.1) is 0 Å². The average Bonchev–Trinajstić information content (AvgIpc) is 2.53. The van der Waals surface area contributed by atoms with E-state index in [1.165, 1.54) is 6.07 Å². The van der Waals surface area contributed by atoms with E-state index < -0.39 is 0 Å². The normalized spacial score (nSPS) is 10.2. The van der Waals surface area contributed by atoms with Crippen LogP contribution in [-0.2, 0) is 0 Å². The summed E-state index contributed by atoms with van der Waals surface area (Å²) in [5.74, 6) is 0.318. The molecule has 0 fully saturated rings. The first kappa shape index (κ1) is 8.13. The molecule has 4 heteroatoms. The second-order valence-electron chi connectivity index (χ2n) is 2.53. The minimum Gasteiger partial charge on any atom is -0.491 e. The van der Waals surface area contributed by atoms with Crippen LogP contribution in [0.2, 0.25) is 5.02 Å². The van der Waals surface area contributed by atoms with Crippen molar-refractivity contribution in [3.63, 3.8) is 0 Å². The van der Waals surface area contributed by atoms with Crippen molar-refractivity contribution in [2.24, 2.45) is 0 Å². The van der Waals surface area contributed by atoms with Crippen LogP contribution < -0.4 is 0 Å². The number of aromatic nitrogens is 1. The molecule has 0 unspecified atom stereocenters. The molecule has 1 aromatic carbocycles. The number of aromatic hydroxyl groups is 1. The summed E-state index contributed by atoms with van der Waals surface area (Å²) in [7, 11) is 0. The first-order chi connectivity index (χ1) is 6.27. The van der Waals surface area contributed by atoms with Gasteiger partial charge in [-0.1, -0.05) is 23.7 Å². The summed E-state index contributed by atoms with van der Waals surface area (Å²) in [5.41, 5.74) is 0.719. The molecular weight excluding hydrogens is 190 g/mol. The Hall–Kier alpha value is -1.48. The number of rotatable bonds is 1. The zero-order valence-corrected chi connectivity index (χ0v) is 7.32. The maximum atomic E-state index is 8.96. The van der Waals surface area contributed by atoms with Crippen LogP contribution in [0.5, 0.6) is 5.88 Å². The largest absolute Gasteiger partial charge is 0.491 e. The maximum absolute atomic E-state index is 8.96. The van der Waals surface area contributed by atoms with E-state index in [1.54, 1.807) is 12.1 Å². The van der Waals surface area contributed by atoms with Crippen LogP contribution in [0.15, 0.2) is 34.9 Å². The van der Waals surface area contributed by atoms with Crippen molar-refractivity contribution in [1.82, 2.24) is 5.16 Å². The van der Waals surface area contributed by atoms with Crippen LogP contribution in [0.4, 0.5) is 0 Å². The molecule has 0 aliphatic carbocycles. The van der Waals surface area contributed by atoms with Crippen LogP contribution in [0, 0.1) is 0 Å². The Balaban J connectivity index is 2.52. The minimum absolute atomic E-state index is 0.144. The van der Waals surface area contributed by atoms with Gasteiger partial charge < -0.3 is 9.63 Å². The van der Waals surface area contributed by atoms with Crippen molar-refractivity contribution in [1.29, 1.82) is 0 Å². The topological polar surface area (TPSA) is 46.3 Å². The van der Waals surface area contributed by atoms with E-state index in [9.17, 15) is 0 Å². The van der Waals surface area contributed by atoms with Gasteiger partial charge in [-0.25, -0.2) is 0 Å². The van der Waals surface area contributed by atoms with Crippen molar-refractivity contribution in [2.45, 2.75) is 0 Å². The van der Waals surface area contributed by atoms with E-state index in [2.05, 4.69) is 5.16 Å². The van der Waals surface area contributed by atoms with Gasteiger partial charge in [0.05, 0.1) is 5.02 Å². The van der Waals surface area contributed by atoms with E-state index in [-0.39, 0.29) is 5.88 Å². The highest BCUT2D eigenvalue weighted by atomic mass is 35.5. The standard InChI is InChI=1S/C9H6ClNO2/c10-7-4-2-1-3-6(7)8-5-9(12)11-13-8/h1-5H,(H,11,12). The number of benzene rings is 1. The van der Waals surface area contributed by atoms with Gasteiger partial charge in [0.15, 0.2) is 5.76 Å². The number of nitrogens with zero attached hydrogens (tertiary/aromatic N) is 1. The fraction of sp³-hybridized carbons (Fsp3) is 0. The van der Waals surface area contributed by atoms with Gasteiger partial charge in [0, 0.05) is 11.6 Å². The van der Waals surface area contributed by atoms with Crippen molar-refractivity contribution in [3.8, 4) is 17.2 Å². The molecule has 2 rings (SSSR count). The predicted octanol–water partition coefficient (Wildman–Crippen LogP) is 2.70. The molecule has 1 aromatic heterocycles. The summed E-state index contributed by atoms with van der Waals surface area (Å²) in [6.07, 6.45) is 0. The third-order valence-corrected chi connectivity index (χ3v) is 1.97. The number of hydrogen-bond acceptors (Lipinski definition) is 3. The summed E-state index contributed by atoms with van der Waals surface area (Å²) in [6, 6.07) is 8.61. The SMILES string of the molecule is Oc1cc(-c2ccccc2Cl)on1. The molecule has 0 aliphatic heterocycles. The summed E-state index contributed by atoms with van der Waals surface area (Å²) >= 11 is 5.90. The highest BCUT2D eigenvalue weighted by molar-refractivity contribution is 6.33. The Morgan fingerprint density at radius 3 is 2.69 bits per heavy atom. The molecule has 13 heavy (non-hydrogen) atoms. The van der Waals surface area contributed by atoms with Gasteiger partial charge in [0.2, 0.25) is 0 Å². The molecule has 66 valence electrons. The van der Waals surface area contributed by atoms with Gasteiger partial charge >= 0.3 is 0 Å². The fourth-order valence-electron chi connectivity index (χ4n) is 1.05. The van der Waals surface area contributed by atoms with Crippen molar-refractivity contribution >= 4 is 11.6 Å². The first-order valence-electron chi connectivity index (χ1n) is 3.68. The van der Waals surface area contributed by atoms with E-state index in [1.807, 2.05) is 12.1 Å².